The van der Waals surface area contributed by atoms with Crippen LogP contribution in [-0.4, -0.2) is 43.1 Å². The van der Waals surface area contributed by atoms with Crippen LogP contribution in [0.2, 0.25) is 0 Å². The molecule has 0 aromatic heterocycles. The monoisotopic (exact) mass is 377 g/mol. The Morgan fingerprint density at radius 1 is 1.35 bits per heavy atom. The second-order valence-electron chi connectivity index (χ2n) is 5.06. The molecule has 0 amide bonds. The predicted octanol–water partition coefficient (Wildman–Crippen LogP) is 2.13. The summed E-state index contributed by atoms with van der Waals surface area (Å²) in [5, 5.41) is -0.454. The van der Waals surface area contributed by atoms with E-state index in [4.69, 9.17) is 4.74 Å². The fraction of sp³-hybridized carbons (Fsp3) is 0.750. The molecular weight excluding hydrogens is 359 g/mol. The van der Waals surface area contributed by atoms with Crippen LogP contribution in [0.5, 0.6) is 0 Å². The quantitative estimate of drug-likeness (QED) is 0.305. The topological polar surface area (TPSA) is 78.9 Å². The van der Waals surface area contributed by atoms with Crippen molar-refractivity contribution in [1.82, 2.24) is 4.47 Å². The summed E-state index contributed by atoms with van der Waals surface area (Å²) in [6.45, 7) is 4.99. The van der Waals surface area contributed by atoms with Crippen LogP contribution in [0.25, 0.3) is 0 Å². The Bertz CT molecular complexity index is 466. The summed E-state index contributed by atoms with van der Waals surface area (Å²) >= 11 is -5.44. The van der Waals surface area contributed by atoms with Crippen molar-refractivity contribution in [2.24, 2.45) is 0 Å². The fourth-order valence-corrected chi connectivity index (χ4v) is 3.76. The zero-order valence-electron chi connectivity index (χ0n) is 12.6. The second-order valence-corrected chi connectivity index (χ2v) is 7.87. The number of esters is 1. The lowest BCUT2D eigenvalue weighted by atomic mass is 9.97. The minimum absolute atomic E-state index is 0.276. The summed E-state index contributed by atoms with van der Waals surface area (Å²) in [6.07, 6.45) is 1.31. The van der Waals surface area contributed by atoms with E-state index in [1.54, 1.807) is 0 Å². The van der Waals surface area contributed by atoms with E-state index in [1.807, 2.05) is 0 Å². The molecule has 2 atom stereocenters. The van der Waals surface area contributed by atoms with Gasteiger partial charge >= 0.3 is 11.5 Å². The fourth-order valence-electron chi connectivity index (χ4n) is 1.98. The van der Waals surface area contributed by atoms with Gasteiger partial charge in [0.1, 0.15) is 11.4 Å². The van der Waals surface area contributed by atoms with Crippen LogP contribution >= 0.6 is 0 Å². The summed E-state index contributed by atoms with van der Waals surface area (Å²) in [6, 6.07) is 0. The molecule has 0 aliphatic heterocycles. The third-order valence-corrected chi connectivity index (χ3v) is 5.60. The molecule has 0 aromatic rings. The first-order chi connectivity index (χ1) is 10.5. The molecule has 1 aliphatic carbocycles. The van der Waals surface area contributed by atoms with Gasteiger partial charge in [-0.1, -0.05) is 6.58 Å². The number of nitrogens with zero attached hydrogens (tertiary/aromatic N) is 1. The van der Waals surface area contributed by atoms with Crippen LogP contribution in [-0.2, 0) is 36.3 Å². The molecule has 1 fully saturated rings. The molecule has 134 valence electrons. The first-order valence-electron chi connectivity index (χ1n) is 6.70. The van der Waals surface area contributed by atoms with Crippen molar-refractivity contribution in [2.75, 3.05) is 7.05 Å². The normalized spacial score (nSPS) is 25.0. The largest absolute Gasteiger partial charge is 0.596 e. The van der Waals surface area contributed by atoms with E-state index < -0.39 is 39.2 Å². The molecule has 11 heteroatoms. The van der Waals surface area contributed by atoms with Gasteiger partial charge in [-0.3, -0.25) is 0 Å². The molecule has 0 spiro atoms. The molecule has 2 unspecified atom stereocenters. The minimum Gasteiger partial charge on any atom is -0.596 e. The predicted molar refractivity (Wildman–Crippen MR) is 78.1 cm³/mol. The van der Waals surface area contributed by atoms with Gasteiger partial charge in [-0.2, -0.15) is 13.2 Å². The van der Waals surface area contributed by atoms with E-state index in [-0.39, 0.29) is 11.7 Å². The van der Waals surface area contributed by atoms with Crippen molar-refractivity contribution < 1.29 is 35.7 Å². The number of ether oxygens (including phenoxy) is 1. The van der Waals surface area contributed by atoms with Crippen LogP contribution in [0, 0.1) is 0 Å². The van der Waals surface area contributed by atoms with Crippen molar-refractivity contribution >= 4 is 28.4 Å². The molecule has 1 aliphatic rings. The summed E-state index contributed by atoms with van der Waals surface area (Å²) < 4.78 is 69.1. The van der Waals surface area contributed by atoms with Crippen molar-refractivity contribution in [1.29, 1.82) is 0 Å². The standard InChI is InChI=1S/C12H18F3NO5S2/c1-8(2)11(17)20-9-4-6-10(7-5-9)22(18)16(3)21-23(19)12(13,14)15/h9-10H,1,4-7H2,2-3H3. The number of carbonyl (C=O) groups is 1. The second kappa shape index (κ2) is 8.47. The highest BCUT2D eigenvalue weighted by Gasteiger charge is 2.43. The zero-order chi connectivity index (χ0) is 17.8. The third kappa shape index (κ3) is 6.42. The molecule has 0 bridgehead atoms. The maximum absolute atomic E-state index is 12.1. The lowest BCUT2D eigenvalue weighted by molar-refractivity contribution is -0.145. The highest BCUT2D eigenvalue weighted by Crippen LogP contribution is 2.29. The first kappa shape index (κ1) is 20.4. The zero-order valence-corrected chi connectivity index (χ0v) is 14.3. The van der Waals surface area contributed by atoms with Gasteiger partial charge in [-0.25, -0.2) is 9.00 Å². The van der Waals surface area contributed by atoms with E-state index in [0.29, 0.717) is 30.2 Å². The van der Waals surface area contributed by atoms with Gasteiger partial charge in [-0.05, 0) is 19.8 Å². The van der Waals surface area contributed by atoms with Gasteiger partial charge in [0.15, 0.2) is 0 Å². The van der Waals surface area contributed by atoms with E-state index >= 15 is 0 Å². The molecule has 6 nitrogen and oxygen atoms in total. The van der Waals surface area contributed by atoms with Crippen LogP contribution < -0.4 is 0 Å². The van der Waals surface area contributed by atoms with E-state index in [1.165, 1.54) is 6.92 Å². The smallest absolute Gasteiger partial charge is 0.498 e. The Kier molecular flexibility index (Phi) is 7.52. The molecule has 0 aromatic carbocycles. The van der Waals surface area contributed by atoms with Gasteiger partial charge in [0.25, 0.3) is 11.1 Å². The third-order valence-electron chi connectivity index (χ3n) is 3.14. The lowest BCUT2D eigenvalue weighted by Gasteiger charge is -2.31. The van der Waals surface area contributed by atoms with Gasteiger partial charge in [0.05, 0.1) is 18.4 Å². The van der Waals surface area contributed by atoms with E-state index in [0.717, 1.165) is 7.05 Å². The van der Waals surface area contributed by atoms with Crippen molar-refractivity contribution in [3.8, 4) is 0 Å². The maximum Gasteiger partial charge on any atom is 0.498 e. The lowest BCUT2D eigenvalue weighted by Crippen LogP contribution is -2.41. The number of hydrogen-bond acceptors (Lipinski definition) is 6. The Labute approximate surface area is 137 Å². The van der Waals surface area contributed by atoms with E-state index in [2.05, 4.69) is 10.9 Å². The maximum atomic E-state index is 12.1. The summed E-state index contributed by atoms with van der Waals surface area (Å²) in [7, 11) is 1.03. The summed E-state index contributed by atoms with van der Waals surface area (Å²) in [4.78, 5) is 11.4. The summed E-state index contributed by atoms with van der Waals surface area (Å²) in [5.74, 6) is -0.504. The van der Waals surface area contributed by atoms with Crippen molar-refractivity contribution in [2.45, 2.75) is 49.5 Å². The number of hydrogen-bond donors (Lipinski definition) is 0. The number of alkyl halides is 3. The molecule has 0 radical (unpaired) electrons. The Hall–Kier alpha value is -0.620. The molecule has 1 rings (SSSR count). The van der Waals surface area contributed by atoms with Gasteiger partial charge in [-0.15, -0.1) is 4.28 Å². The van der Waals surface area contributed by atoms with Crippen LogP contribution in [0.3, 0.4) is 0 Å². The van der Waals surface area contributed by atoms with Crippen molar-refractivity contribution in [3.63, 3.8) is 0 Å². The first-order valence-corrected chi connectivity index (χ1v) is 8.94. The molecule has 0 saturated heterocycles. The summed E-state index contributed by atoms with van der Waals surface area (Å²) in [5.41, 5.74) is -4.76. The van der Waals surface area contributed by atoms with Crippen LogP contribution in [0.4, 0.5) is 13.2 Å². The molecule has 1 saturated carbocycles. The Morgan fingerprint density at radius 3 is 2.30 bits per heavy atom. The highest BCUT2D eigenvalue weighted by atomic mass is 32.2. The van der Waals surface area contributed by atoms with Gasteiger partial charge < -0.3 is 9.29 Å². The molecule has 0 N–H and O–H groups in total. The van der Waals surface area contributed by atoms with E-state index in [9.17, 15) is 26.7 Å². The average molecular weight is 377 g/mol. The van der Waals surface area contributed by atoms with Crippen molar-refractivity contribution in [3.05, 3.63) is 12.2 Å². The molecular formula is C12H18F3NO5S2. The molecule has 23 heavy (non-hydrogen) atoms. The Balaban J connectivity index is 2.45. The number of carbonyl (C=O) groups excluding carboxylic acids is 1. The number of rotatable bonds is 6. The van der Waals surface area contributed by atoms with Crippen LogP contribution in [0.1, 0.15) is 32.6 Å². The number of halogens is 3. The number of hydroxylamine groups is 1. The average Bonchev–Trinajstić information content (AvgIpc) is 2.46. The SMILES string of the molecule is C=C(C)C(=O)OC1CCC([S+]([O-])N(C)OS(=O)C(F)(F)F)CC1. The van der Waals surface area contributed by atoms with Gasteiger partial charge in [0.2, 0.25) is 0 Å². The minimum atomic E-state index is -5.03. The Morgan fingerprint density at radius 2 is 1.87 bits per heavy atom. The van der Waals surface area contributed by atoms with Crippen LogP contribution in [0.15, 0.2) is 12.2 Å². The van der Waals surface area contributed by atoms with Gasteiger partial charge in [0, 0.05) is 22.9 Å². The highest BCUT2D eigenvalue weighted by molar-refractivity contribution is 7.90. The molecule has 0 heterocycles.